The monoisotopic (exact) mass is 248 g/mol. The van der Waals surface area contributed by atoms with Gasteiger partial charge in [-0.15, -0.1) is 0 Å². The van der Waals surface area contributed by atoms with Gasteiger partial charge in [0.25, 0.3) is 0 Å². The Morgan fingerprint density at radius 2 is 1.39 bits per heavy atom. The summed E-state index contributed by atoms with van der Waals surface area (Å²) in [6.45, 7) is 4.42. The summed E-state index contributed by atoms with van der Waals surface area (Å²) >= 11 is 0. The number of Topliss-reactive ketones (excluding diaryl/α,β-unsaturated/α-hetero) is 1. The zero-order valence-corrected chi connectivity index (χ0v) is 12.1. The predicted molar refractivity (Wildman–Crippen MR) is 78.7 cm³/mol. The van der Waals surface area contributed by atoms with Crippen molar-refractivity contribution in [2.75, 3.05) is 0 Å². The number of carbonyl (C=O) groups excluding carboxylic acids is 1. The Hall–Kier alpha value is -0.850. The number of unbranched alkanes of at least 4 members (excludes halogenated alkanes) is 6. The molecule has 0 aromatic carbocycles. The maximum atomic E-state index is 12.1. The second-order valence-corrected chi connectivity index (χ2v) is 5.28. The highest BCUT2D eigenvalue weighted by Crippen LogP contribution is 2.27. The van der Waals surface area contributed by atoms with Crippen LogP contribution in [-0.2, 0) is 4.79 Å². The van der Waals surface area contributed by atoms with E-state index in [4.69, 9.17) is 0 Å². The lowest BCUT2D eigenvalue weighted by atomic mass is 10.1. The molecule has 0 bridgehead atoms. The maximum Gasteiger partial charge on any atom is 0.184 e. The number of carbonyl (C=O) groups is 1. The van der Waals surface area contributed by atoms with Gasteiger partial charge in [-0.1, -0.05) is 58.1 Å². The summed E-state index contributed by atoms with van der Waals surface area (Å²) in [7, 11) is 0. The molecule has 0 N–H and O–H groups in total. The van der Waals surface area contributed by atoms with Crippen LogP contribution in [0.5, 0.6) is 0 Å². The van der Waals surface area contributed by atoms with Crippen LogP contribution in [0.15, 0.2) is 23.3 Å². The van der Waals surface area contributed by atoms with Crippen molar-refractivity contribution < 1.29 is 4.79 Å². The van der Waals surface area contributed by atoms with Gasteiger partial charge in [0.15, 0.2) is 5.78 Å². The van der Waals surface area contributed by atoms with E-state index in [2.05, 4.69) is 26.0 Å². The van der Waals surface area contributed by atoms with E-state index < -0.39 is 0 Å². The molecule has 0 aromatic rings. The molecule has 0 radical (unpaired) electrons. The highest BCUT2D eigenvalue weighted by molar-refractivity contribution is 6.10. The summed E-state index contributed by atoms with van der Waals surface area (Å²) in [6.07, 6.45) is 16.0. The van der Waals surface area contributed by atoms with Crippen LogP contribution in [0.4, 0.5) is 0 Å². The average molecular weight is 248 g/mol. The lowest BCUT2D eigenvalue weighted by molar-refractivity contribution is -0.111. The molecule has 1 nitrogen and oxygen atoms in total. The number of allylic oxidation sites excluding steroid dienone is 4. The van der Waals surface area contributed by atoms with Gasteiger partial charge in [0, 0.05) is 0 Å². The van der Waals surface area contributed by atoms with Crippen molar-refractivity contribution >= 4 is 5.78 Å². The highest BCUT2D eigenvalue weighted by atomic mass is 16.1. The first-order valence-electron chi connectivity index (χ1n) is 7.72. The fourth-order valence-corrected chi connectivity index (χ4v) is 2.42. The van der Waals surface area contributed by atoms with Crippen LogP contribution in [0.3, 0.4) is 0 Å². The molecule has 0 aromatic heterocycles. The standard InChI is InChI=1S/C17H28O/c1-3-5-7-8-10-12-16-14-13-15(17(16)18)11-9-6-4-2/h11-12H,3-10,13-14H2,1-2H3. The molecule has 0 unspecified atom stereocenters. The van der Waals surface area contributed by atoms with E-state index >= 15 is 0 Å². The van der Waals surface area contributed by atoms with Crippen LogP contribution >= 0.6 is 0 Å². The molecule has 0 amide bonds. The van der Waals surface area contributed by atoms with Crippen molar-refractivity contribution in [3.63, 3.8) is 0 Å². The number of hydrogen-bond acceptors (Lipinski definition) is 1. The summed E-state index contributed by atoms with van der Waals surface area (Å²) in [5, 5.41) is 0. The molecule has 0 heterocycles. The Balaban J connectivity index is 2.34. The summed E-state index contributed by atoms with van der Waals surface area (Å²) < 4.78 is 0. The third kappa shape index (κ3) is 5.20. The largest absolute Gasteiger partial charge is 0.289 e. The van der Waals surface area contributed by atoms with Crippen molar-refractivity contribution in [3.05, 3.63) is 23.3 Å². The Morgan fingerprint density at radius 1 is 0.833 bits per heavy atom. The van der Waals surface area contributed by atoms with Gasteiger partial charge >= 0.3 is 0 Å². The first kappa shape index (κ1) is 15.2. The van der Waals surface area contributed by atoms with E-state index in [9.17, 15) is 4.79 Å². The number of rotatable bonds is 8. The van der Waals surface area contributed by atoms with Crippen LogP contribution in [0.25, 0.3) is 0 Å². The molecular formula is C17H28O. The zero-order chi connectivity index (χ0) is 13.2. The predicted octanol–water partition coefficient (Wildman–Crippen LogP) is 5.36. The highest BCUT2D eigenvalue weighted by Gasteiger charge is 2.21. The lowest BCUT2D eigenvalue weighted by Gasteiger charge is -1.97. The Labute approximate surface area is 112 Å². The molecule has 1 rings (SSSR count). The third-order valence-electron chi connectivity index (χ3n) is 3.64. The quantitative estimate of drug-likeness (QED) is 0.417. The van der Waals surface area contributed by atoms with Gasteiger partial charge in [-0.05, 0) is 43.3 Å². The van der Waals surface area contributed by atoms with E-state index in [1.807, 2.05) is 0 Å². The topological polar surface area (TPSA) is 17.1 Å². The van der Waals surface area contributed by atoms with E-state index in [1.54, 1.807) is 0 Å². The lowest BCUT2D eigenvalue weighted by Crippen LogP contribution is -1.95. The smallest absolute Gasteiger partial charge is 0.184 e. The Morgan fingerprint density at radius 3 is 1.94 bits per heavy atom. The Bertz CT molecular complexity index is 310. The van der Waals surface area contributed by atoms with Gasteiger partial charge in [-0.25, -0.2) is 0 Å². The number of ketones is 1. The summed E-state index contributed by atoms with van der Waals surface area (Å²) in [5.41, 5.74) is 2.15. The van der Waals surface area contributed by atoms with Gasteiger partial charge < -0.3 is 0 Å². The van der Waals surface area contributed by atoms with Gasteiger partial charge in [0.2, 0.25) is 0 Å². The first-order valence-corrected chi connectivity index (χ1v) is 7.72. The van der Waals surface area contributed by atoms with Gasteiger partial charge in [-0.2, -0.15) is 0 Å². The molecule has 1 aliphatic rings. The molecule has 102 valence electrons. The molecule has 1 fully saturated rings. The van der Waals surface area contributed by atoms with Crippen LogP contribution in [-0.4, -0.2) is 5.78 Å². The average Bonchev–Trinajstić information content (AvgIpc) is 2.71. The van der Waals surface area contributed by atoms with E-state index in [-0.39, 0.29) is 0 Å². The van der Waals surface area contributed by atoms with E-state index in [1.165, 1.54) is 38.5 Å². The van der Waals surface area contributed by atoms with Gasteiger partial charge in [0.05, 0.1) is 0 Å². The second kappa shape index (κ2) is 9.13. The SMILES string of the molecule is CCCCC=C1CCC(=CCCCCCC)C1=O. The minimum atomic E-state index is 0.335. The van der Waals surface area contributed by atoms with Crippen LogP contribution in [0, 0.1) is 0 Å². The van der Waals surface area contributed by atoms with Crippen LogP contribution < -0.4 is 0 Å². The van der Waals surface area contributed by atoms with Crippen molar-refractivity contribution in [2.24, 2.45) is 0 Å². The van der Waals surface area contributed by atoms with Crippen molar-refractivity contribution in [1.82, 2.24) is 0 Å². The fourth-order valence-electron chi connectivity index (χ4n) is 2.42. The molecule has 1 heteroatoms. The van der Waals surface area contributed by atoms with Crippen LogP contribution in [0.1, 0.15) is 78.1 Å². The molecule has 0 aliphatic heterocycles. The summed E-state index contributed by atoms with van der Waals surface area (Å²) in [6, 6.07) is 0. The minimum Gasteiger partial charge on any atom is -0.289 e. The molecule has 0 saturated heterocycles. The molecular weight excluding hydrogens is 220 g/mol. The normalized spacial score (nSPS) is 20.2. The Kier molecular flexibility index (Phi) is 7.71. The third-order valence-corrected chi connectivity index (χ3v) is 3.64. The number of hydrogen-bond donors (Lipinski definition) is 0. The second-order valence-electron chi connectivity index (χ2n) is 5.28. The van der Waals surface area contributed by atoms with Crippen molar-refractivity contribution in [1.29, 1.82) is 0 Å². The molecule has 1 aliphatic carbocycles. The van der Waals surface area contributed by atoms with Crippen molar-refractivity contribution in [2.45, 2.75) is 78.1 Å². The van der Waals surface area contributed by atoms with Gasteiger partial charge in [-0.3, -0.25) is 4.79 Å². The van der Waals surface area contributed by atoms with E-state index in [0.29, 0.717) is 5.78 Å². The van der Waals surface area contributed by atoms with Gasteiger partial charge in [0.1, 0.15) is 0 Å². The summed E-state index contributed by atoms with van der Waals surface area (Å²) in [4.78, 5) is 12.1. The molecule has 18 heavy (non-hydrogen) atoms. The van der Waals surface area contributed by atoms with Crippen molar-refractivity contribution in [3.8, 4) is 0 Å². The minimum absolute atomic E-state index is 0.335. The fraction of sp³-hybridized carbons (Fsp3) is 0.706. The van der Waals surface area contributed by atoms with E-state index in [0.717, 1.165) is 36.8 Å². The maximum absolute atomic E-state index is 12.1. The molecule has 0 spiro atoms. The van der Waals surface area contributed by atoms with Crippen LogP contribution in [0.2, 0.25) is 0 Å². The molecule has 1 saturated carbocycles. The summed E-state index contributed by atoms with van der Waals surface area (Å²) in [5.74, 6) is 0.335. The zero-order valence-electron chi connectivity index (χ0n) is 12.1. The first-order chi connectivity index (χ1) is 8.79. The molecule has 0 atom stereocenters.